The summed E-state index contributed by atoms with van der Waals surface area (Å²) in [5.41, 5.74) is -1.73. The van der Waals surface area contributed by atoms with Gasteiger partial charge in [-0.05, 0) is 29.8 Å². The molecule has 32 heavy (non-hydrogen) atoms. The number of halogens is 8. The second-order valence-corrected chi connectivity index (χ2v) is 6.63. The zero-order valence-corrected chi connectivity index (χ0v) is 15.9. The van der Waals surface area contributed by atoms with Crippen LogP contribution in [0.3, 0.4) is 0 Å². The monoisotopic (exact) mass is 462 g/mol. The van der Waals surface area contributed by atoms with Crippen LogP contribution in [0.2, 0.25) is 0 Å². The number of hydrogen-bond acceptors (Lipinski definition) is 3. The molecule has 1 heterocycles. The van der Waals surface area contributed by atoms with E-state index in [0.717, 1.165) is 24.4 Å². The van der Waals surface area contributed by atoms with E-state index in [1.807, 2.05) is 0 Å². The SMILES string of the molecule is FC(F)(F)c1cc(Oc2cccc(NCc3cccc(C(F)(F)C(F)(F)F)c3)c2)ccn1. The van der Waals surface area contributed by atoms with E-state index in [1.54, 1.807) is 6.07 Å². The topological polar surface area (TPSA) is 34.1 Å². The summed E-state index contributed by atoms with van der Waals surface area (Å²) in [5, 5.41) is 2.84. The Hall–Kier alpha value is -3.37. The van der Waals surface area contributed by atoms with Gasteiger partial charge in [0.2, 0.25) is 0 Å². The highest BCUT2D eigenvalue weighted by molar-refractivity contribution is 5.49. The van der Waals surface area contributed by atoms with Crippen molar-refractivity contribution in [3.63, 3.8) is 0 Å². The maximum Gasteiger partial charge on any atom is 0.458 e. The summed E-state index contributed by atoms with van der Waals surface area (Å²) in [6.45, 7) is -0.0846. The molecule has 0 unspecified atom stereocenters. The van der Waals surface area contributed by atoms with Gasteiger partial charge in [-0.15, -0.1) is 0 Å². The maximum absolute atomic E-state index is 13.5. The molecule has 3 nitrogen and oxygen atoms in total. The summed E-state index contributed by atoms with van der Waals surface area (Å²) in [6.07, 6.45) is -9.41. The fourth-order valence-corrected chi connectivity index (χ4v) is 2.68. The molecule has 0 amide bonds. The van der Waals surface area contributed by atoms with Crippen LogP contribution in [0.5, 0.6) is 11.5 Å². The standard InChI is InChI=1S/C21H14F8N2O/c22-19(23,21(27,28)29)14-4-1-3-13(9-14)12-31-15-5-2-6-16(10-15)32-17-7-8-30-18(11-17)20(24,25)26/h1-11,31H,12H2. The van der Waals surface area contributed by atoms with Gasteiger partial charge in [0.1, 0.15) is 17.2 Å². The summed E-state index contributed by atoms with van der Waals surface area (Å²) in [6, 6.07) is 11.9. The molecule has 11 heteroatoms. The molecule has 0 fully saturated rings. The fourth-order valence-electron chi connectivity index (χ4n) is 2.68. The van der Waals surface area contributed by atoms with Crippen molar-refractivity contribution in [1.29, 1.82) is 0 Å². The fraction of sp³-hybridized carbons (Fsp3) is 0.190. The van der Waals surface area contributed by atoms with Crippen LogP contribution in [0.15, 0.2) is 66.9 Å². The number of alkyl halides is 8. The molecule has 0 bridgehead atoms. The second kappa shape index (κ2) is 8.64. The molecule has 2 aromatic carbocycles. The minimum atomic E-state index is -5.72. The van der Waals surface area contributed by atoms with Crippen molar-refractivity contribution in [2.75, 3.05) is 5.32 Å². The van der Waals surface area contributed by atoms with E-state index in [1.165, 1.54) is 30.3 Å². The predicted molar refractivity (Wildman–Crippen MR) is 99.5 cm³/mol. The highest BCUT2D eigenvalue weighted by Gasteiger charge is 2.58. The van der Waals surface area contributed by atoms with E-state index in [9.17, 15) is 35.1 Å². The Morgan fingerprint density at radius 1 is 0.781 bits per heavy atom. The third-order valence-electron chi connectivity index (χ3n) is 4.23. The molecular formula is C21H14F8N2O. The highest BCUT2D eigenvalue weighted by Crippen LogP contribution is 2.44. The number of nitrogens with zero attached hydrogens (tertiary/aromatic N) is 1. The summed E-state index contributed by atoms with van der Waals surface area (Å²) < 4.78 is 108. The van der Waals surface area contributed by atoms with Gasteiger partial charge in [0.15, 0.2) is 0 Å². The Labute approximate surface area is 176 Å². The number of pyridine rings is 1. The molecule has 0 saturated carbocycles. The minimum absolute atomic E-state index is 0.0846. The lowest BCUT2D eigenvalue weighted by Crippen LogP contribution is -2.33. The van der Waals surface area contributed by atoms with E-state index < -0.39 is 29.5 Å². The van der Waals surface area contributed by atoms with Crippen LogP contribution in [0, 0.1) is 0 Å². The van der Waals surface area contributed by atoms with Crippen molar-refractivity contribution in [1.82, 2.24) is 4.98 Å². The van der Waals surface area contributed by atoms with Crippen molar-refractivity contribution < 1.29 is 39.9 Å². The Kier molecular flexibility index (Phi) is 6.29. The van der Waals surface area contributed by atoms with E-state index in [4.69, 9.17) is 4.74 Å². The van der Waals surface area contributed by atoms with E-state index in [2.05, 4.69) is 10.3 Å². The van der Waals surface area contributed by atoms with Crippen LogP contribution in [0.25, 0.3) is 0 Å². The summed E-state index contributed by atoms with van der Waals surface area (Å²) >= 11 is 0. The third kappa shape index (κ3) is 5.45. The number of hydrogen-bond donors (Lipinski definition) is 1. The number of nitrogens with one attached hydrogen (secondary N) is 1. The van der Waals surface area contributed by atoms with Crippen LogP contribution in [-0.2, 0) is 18.6 Å². The lowest BCUT2D eigenvalue weighted by molar-refractivity contribution is -0.289. The Morgan fingerprint density at radius 2 is 1.47 bits per heavy atom. The second-order valence-electron chi connectivity index (χ2n) is 6.63. The van der Waals surface area contributed by atoms with Crippen molar-refractivity contribution in [3.05, 3.63) is 83.7 Å². The quantitative estimate of drug-likeness (QED) is 0.395. The molecule has 0 aliphatic carbocycles. The summed E-state index contributed by atoms with van der Waals surface area (Å²) in [5.74, 6) is -4.92. The number of ether oxygens (including phenoxy) is 1. The normalized spacial score (nSPS) is 12.5. The molecule has 170 valence electrons. The van der Waals surface area contributed by atoms with Gasteiger partial charge in [0.05, 0.1) is 0 Å². The maximum atomic E-state index is 13.5. The van der Waals surface area contributed by atoms with E-state index in [-0.39, 0.29) is 23.6 Å². The first-order valence-electron chi connectivity index (χ1n) is 8.95. The molecule has 3 aromatic rings. The van der Waals surface area contributed by atoms with Crippen LogP contribution in [0.4, 0.5) is 40.8 Å². The number of rotatable bonds is 6. The molecule has 0 spiro atoms. The van der Waals surface area contributed by atoms with Crippen molar-refractivity contribution in [2.45, 2.75) is 24.8 Å². The van der Waals surface area contributed by atoms with Gasteiger partial charge >= 0.3 is 18.3 Å². The van der Waals surface area contributed by atoms with E-state index in [0.29, 0.717) is 11.8 Å². The van der Waals surface area contributed by atoms with Crippen molar-refractivity contribution >= 4 is 5.69 Å². The Bertz CT molecular complexity index is 1080. The molecule has 1 aromatic heterocycles. The molecule has 0 aliphatic rings. The number of aromatic nitrogens is 1. The van der Waals surface area contributed by atoms with Gasteiger partial charge in [-0.3, -0.25) is 4.98 Å². The molecule has 0 saturated heterocycles. The Morgan fingerprint density at radius 3 is 2.16 bits per heavy atom. The zero-order valence-electron chi connectivity index (χ0n) is 15.9. The smallest absolute Gasteiger partial charge is 0.457 e. The first-order chi connectivity index (χ1) is 14.9. The van der Waals surface area contributed by atoms with Crippen LogP contribution in [0.1, 0.15) is 16.8 Å². The minimum Gasteiger partial charge on any atom is -0.457 e. The average Bonchev–Trinajstić information content (AvgIpc) is 2.71. The lowest BCUT2D eigenvalue weighted by atomic mass is 10.0. The first kappa shape index (κ1) is 23.3. The van der Waals surface area contributed by atoms with Gasteiger partial charge in [-0.2, -0.15) is 35.1 Å². The largest absolute Gasteiger partial charge is 0.458 e. The predicted octanol–water partition coefficient (Wildman–Crippen LogP) is 7.16. The highest BCUT2D eigenvalue weighted by atomic mass is 19.4. The van der Waals surface area contributed by atoms with Crippen molar-refractivity contribution in [3.8, 4) is 11.5 Å². The first-order valence-corrected chi connectivity index (χ1v) is 8.95. The molecule has 1 N–H and O–H groups in total. The third-order valence-corrected chi connectivity index (χ3v) is 4.23. The molecule has 3 rings (SSSR count). The summed E-state index contributed by atoms with van der Waals surface area (Å²) in [4.78, 5) is 3.23. The summed E-state index contributed by atoms with van der Waals surface area (Å²) in [7, 11) is 0. The van der Waals surface area contributed by atoms with Crippen LogP contribution in [-0.4, -0.2) is 11.2 Å². The Balaban J connectivity index is 1.71. The van der Waals surface area contributed by atoms with Crippen molar-refractivity contribution in [2.24, 2.45) is 0 Å². The lowest BCUT2D eigenvalue weighted by Gasteiger charge is -2.20. The van der Waals surface area contributed by atoms with Gasteiger partial charge in [-0.25, -0.2) is 0 Å². The zero-order chi connectivity index (χ0) is 23.6. The van der Waals surface area contributed by atoms with Crippen LogP contribution >= 0.6 is 0 Å². The van der Waals surface area contributed by atoms with Gasteiger partial charge in [0.25, 0.3) is 0 Å². The van der Waals surface area contributed by atoms with Crippen LogP contribution < -0.4 is 10.1 Å². The molecule has 0 radical (unpaired) electrons. The molecule has 0 atom stereocenters. The molecule has 0 aliphatic heterocycles. The average molecular weight is 462 g/mol. The molecular weight excluding hydrogens is 448 g/mol. The number of benzene rings is 2. The van der Waals surface area contributed by atoms with Gasteiger partial charge in [0, 0.05) is 36.1 Å². The van der Waals surface area contributed by atoms with Gasteiger partial charge in [-0.1, -0.05) is 24.3 Å². The van der Waals surface area contributed by atoms with Gasteiger partial charge < -0.3 is 10.1 Å². The van der Waals surface area contributed by atoms with E-state index >= 15 is 0 Å². The number of anilines is 1.